The van der Waals surface area contributed by atoms with Crippen LogP contribution in [0.3, 0.4) is 0 Å². The Labute approximate surface area is 152 Å². The highest BCUT2D eigenvalue weighted by atomic mass is 79.9. The molecule has 3 aromatic rings. The molecule has 126 valence electrons. The summed E-state index contributed by atoms with van der Waals surface area (Å²) in [5.41, 5.74) is 1.93. The van der Waals surface area contributed by atoms with Crippen molar-refractivity contribution in [2.75, 3.05) is 12.4 Å². The summed E-state index contributed by atoms with van der Waals surface area (Å²) in [6, 6.07) is 9.51. The molecule has 0 bridgehead atoms. The monoisotopic (exact) mass is 408 g/mol. The van der Waals surface area contributed by atoms with E-state index in [2.05, 4.69) is 31.1 Å². The maximum Gasteiger partial charge on any atom is 0.256 e. The molecule has 0 fully saturated rings. The third-order valence-corrected chi connectivity index (χ3v) is 4.87. The average Bonchev–Trinajstić information content (AvgIpc) is 2.94. The van der Waals surface area contributed by atoms with Gasteiger partial charge in [0.1, 0.15) is 12.4 Å². The molecule has 3 rings (SSSR count). The van der Waals surface area contributed by atoms with Gasteiger partial charge in [0.05, 0.1) is 6.10 Å². The number of benzene rings is 1. The molecule has 6 nitrogen and oxygen atoms in total. The summed E-state index contributed by atoms with van der Waals surface area (Å²) >= 11 is 4.82. The summed E-state index contributed by atoms with van der Waals surface area (Å²) in [5.74, 6) is 1.76. The van der Waals surface area contributed by atoms with E-state index in [-0.39, 0.29) is 6.61 Å². The van der Waals surface area contributed by atoms with Gasteiger partial charge in [-0.3, -0.25) is 4.40 Å². The molecule has 1 atom stereocenters. The molecular weight excluding hydrogens is 392 g/mol. The molecule has 0 saturated carbocycles. The number of aromatic nitrogens is 4. The van der Waals surface area contributed by atoms with Gasteiger partial charge >= 0.3 is 0 Å². The highest BCUT2D eigenvalue weighted by Crippen LogP contribution is 2.21. The zero-order valence-electron chi connectivity index (χ0n) is 13.3. The lowest BCUT2D eigenvalue weighted by Crippen LogP contribution is -2.20. The highest BCUT2D eigenvalue weighted by molar-refractivity contribution is 9.10. The molecule has 0 unspecified atom stereocenters. The van der Waals surface area contributed by atoms with Crippen molar-refractivity contribution in [3.63, 3.8) is 0 Å². The van der Waals surface area contributed by atoms with Crippen LogP contribution in [0.15, 0.2) is 40.0 Å². The summed E-state index contributed by atoms with van der Waals surface area (Å²) in [4.78, 5) is 4.35. The van der Waals surface area contributed by atoms with Gasteiger partial charge in [-0.05, 0) is 38.1 Å². The molecule has 2 heterocycles. The van der Waals surface area contributed by atoms with E-state index in [0.29, 0.717) is 11.5 Å². The summed E-state index contributed by atoms with van der Waals surface area (Å²) in [5, 5.41) is 19.1. The number of aliphatic hydroxyl groups excluding tert-OH is 1. The number of halogens is 1. The largest absolute Gasteiger partial charge is 0.491 e. The number of fused-ring (bicyclic) bond motifs is 1. The first-order chi connectivity index (χ1) is 11.5. The van der Waals surface area contributed by atoms with Gasteiger partial charge < -0.3 is 9.84 Å². The first-order valence-electron chi connectivity index (χ1n) is 7.41. The molecule has 0 aliphatic carbocycles. The first-order valence-corrected chi connectivity index (χ1v) is 9.19. The molecule has 0 spiro atoms. The van der Waals surface area contributed by atoms with E-state index in [4.69, 9.17) is 4.74 Å². The zero-order valence-corrected chi connectivity index (χ0v) is 15.7. The number of ether oxygens (including phenoxy) is 1. The van der Waals surface area contributed by atoms with Crippen LogP contribution in [0, 0.1) is 13.8 Å². The number of thioether (sulfide) groups is 1. The van der Waals surface area contributed by atoms with Crippen molar-refractivity contribution in [1.82, 2.24) is 19.6 Å². The first kappa shape index (κ1) is 17.2. The molecule has 0 aliphatic heterocycles. The van der Waals surface area contributed by atoms with Crippen LogP contribution >= 0.6 is 27.7 Å². The minimum atomic E-state index is -0.611. The van der Waals surface area contributed by atoms with Crippen LogP contribution in [-0.4, -0.2) is 43.2 Å². The number of nitrogens with zero attached hydrogens (tertiary/aromatic N) is 4. The average molecular weight is 409 g/mol. The summed E-state index contributed by atoms with van der Waals surface area (Å²) in [6.45, 7) is 4.13. The Morgan fingerprint density at radius 2 is 2.12 bits per heavy atom. The molecule has 8 heteroatoms. The predicted octanol–water partition coefficient (Wildman–Crippen LogP) is 3.04. The van der Waals surface area contributed by atoms with Gasteiger partial charge in [-0.2, -0.15) is 0 Å². The second kappa shape index (κ2) is 7.50. The van der Waals surface area contributed by atoms with Crippen molar-refractivity contribution in [1.29, 1.82) is 0 Å². The lowest BCUT2D eigenvalue weighted by atomic mass is 10.3. The van der Waals surface area contributed by atoms with E-state index in [1.165, 1.54) is 11.8 Å². The molecule has 0 saturated heterocycles. The second-order valence-electron chi connectivity index (χ2n) is 5.39. The van der Waals surface area contributed by atoms with Crippen molar-refractivity contribution in [3.8, 4) is 5.75 Å². The van der Waals surface area contributed by atoms with Gasteiger partial charge in [-0.1, -0.05) is 33.8 Å². The van der Waals surface area contributed by atoms with Crippen molar-refractivity contribution in [2.45, 2.75) is 25.1 Å². The van der Waals surface area contributed by atoms with Crippen molar-refractivity contribution in [3.05, 3.63) is 46.2 Å². The fraction of sp³-hybridized carbons (Fsp3) is 0.312. The summed E-state index contributed by atoms with van der Waals surface area (Å²) < 4.78 is 8.43. The molecule has 0 amide bonds. The van der Waals surface area contributed by atoms with Gasteiger partial charge in [0, 0.05) is 21.6 Å². The van der Waals surface area contributed by atoms with Gasteiger partial charge in [-0.15, -0.1) is 10.2 Å². The molecule has 0 aliphatic rings. The van der Waals surface area contributed by atoms with E-state index < -0.39 is 6.10 Å². The molecule has 1 aromatic carbocycles. The van der Waals surface area contributed by atoms with Gasteiger partial charge in [0.25, 0.3) is 5.78 Å². The highest BCUT2D eigenvalue weighted by Gasteiger charge is 2.13. The van der Waals surface area contributed by atoms with Crippen molar-refractivity contribution < 1.29 is 9.84 Å². The fourth-order valence-electron chi connectivity index (χ4n) is 2.26. The molecule has 24 heavy (non-hydrogen) atoms. The van der Waals surface area contributed by atoms with E-state index in [0.717, 1.165) is 26.8 Å². The van der Waals surface area contributed by atoms with Gasteiger partial charge in [0.2, 0.25) is 0 Å². The van der Waals surface area contributed by atoms with Crippen molar-refractivity contribution >= 4 is 33.5 Å². The number of aliphatic hydroxyl groups is 1. The summed E-state index contributed by atoms with van der Waals surface area (Å²) in [6.07, 6.45) is -0.611. The Kier molecular flexibility index (Phi) is 5.37. The molecule has 1 N–H and O–H groups in total. The van der Waals surface area contributed by atoms with Crippen LogP contribution < -0.4 is 4.74 Å². The number of hydrogen-bond donors (Lipinski definition) is 1. The standard InChI is InChI=1S/C16H17BrN4O2S/c1-10-6-11(2)21-15(18-10)19-20-16(21)24-9-13(22)8-23-14-5-3-4-12(17)7-14/h3-7,13,22H,8-9H2,1-2H3/t13-/m1/s1. The minimum absolute atomic E-state index is 0.219. The van der Waals surface area contributed by atoms with E-state index in [1.807, 2.05) is 48.6 Å². The maximum absolute atomic E-state index is 10.1. The van der Waals surface area contributed by atoms with Gasteiger partial charge in [0.15, 0.2) is 5.16 Å². The van der Waals surface area contributed by atoms with E-state index in [9.17, 15) is 5.11 Å². The molecule has 0 radical (unpaired) electrons. The van der Waals surface area contributed by atoms with Crippen molar-refractivity contribution in [2.24, 2.45) is 0 Å². The zero-order chi connectivity index (χ0) is 17.1. The topological polar surface area (TPSA) is 72.5 Å². The molecular formula is C16H17BrN4O2S. The third kappa shape index (κ3) is 4.06. The lowest BCUT2D eigenvalue weighted by molar-refractivity contribution is 0.126. The lowest BCUT2D eigenvalue weighted by Gasteiger charge is -2.12. The predicted molar refractivity (Wildman–Crippen MR) is 96.6 cm³/mol. The number of rotatable bonds is 6. The Hall–Kier alpha value is -1.64. The van der Waals surface area contributed by atoms with Crippen LogP contribution in [0.25, 0.3) is 5.78 Å². The summed E-state index contributed by atoms with van der Waals surface area (Å²) in [7, 11) is 0. The Bertz CT molecular complexity index is 855. The maximum atomic E-state index is 10.1. The van der Waals surface area contributed by atoms with Crippen LogP contribution in [-0.2, 0) is 0 Å². The number of aryl methyl sites for hydroxylation is 2. The minimum Gasteiger partial charge on any atom is -0.491 e. The van der Waals surface area contributed by atoms with Crippen LogP contribution in [0.1, 0.15) is 11.4 Å². The quantitative estimate of drug-likeness (QED) is 0.631. The molecule has 2 aromatic heterocycles. The Morgan fingerprint density at radius 1 is 1.29 bits per heavy atom. The Balaban J connectivity index is 1.59. The van der Waals surface area contributed by atoms with E-state index >= 15 is 0 Å². The SMILES string of the molecule is Cc1cc(C)n2c(SC[C@H](O)COc3cccc(Br)c3)nnc2n1. The van der Waals surface area contributed by atoms with E-state index in [1.54, 1.807) is 0 Å². The smallest absolute Gasteiger partial charge is 0.256 e. The number of hydrogen-bond acceptors (Lipinski definition) is 6. The van der Waals surface area contributed by atoms with Crippen LogP contribution in [0.2, 0.25) is 0 Å². The second-order valence-corrected chi connectivity index (χ2v) is 7.29. The normalized spacial score (nSPS) is 12.5. The Morgan fingerprint density at radius 3 is 2.92 bits per heavy atom. The van der Waals surface area contributed by atoms with Gasteiger partial charge in [-0.25, -0.2) is 4.98 Å². The fourth-order valence-corrected chi connectivity index (χ4v) is 3.53. The third-order valence-electron chi connectivity index (χ3n) is 3.31. The van der Waals surface area contributed by atoms with Crippen LogP contribution in [0.4, 0.5) is 0 Å². The van der Waals surface area contributed by atoms with Crippen LogP contribution in [0.5, 0.6) is 5.75 Å².